The van der Waals surface area contributed by atoms with Gasteiger partial charge in [0.2, 0.25) is 0 Å². The molecule has 16 heavy (non-hydrogen) atoms. The van der Waals surface area contributed by atoms with Crippen LogP contribution in [0.3, 0.4) is 0 Å². The van der Waals surface area contributed by atoms with Crippen molar-refractivity contribution in [2.45, 2.75) is 45.1 Å². The highest BCUT2D eigenvalue weighted by Gasteiger charge is 2.18. The van der Waals surface area contributed by atoms with Gasteiger partial charge in [-0.15, -0.1) is 0 Å². The molecule has 0 amide bonds. The van der Waals surface area contributed by atoms with Gasteiger partial charge in [-0.2, -0.15) is 0 Å². The molecule has 0 heterocycles. The standard InChI is InChI=1S/C13H22O3/c1-3-13(14)16-10-4-9-15-12-7-5-11(2)6-8-12/h3,11-12H,1,4-10H2,2H3. The van der Waals surface area contributed by atoms with Gasteiger partial charge in [0.25, 0.3) is 0 Å². The molecule has 3 nitrogen and oxygen atoms in total. The number of hydrogen-bond donors (Lipinski definition) is 0. The molecule has 3 heteroatoms. The van der Waals surface area contributed by atoms with Crippen molar-refractivity contribution < 1.29 is 14.3 Å². The first-order valence-corrected chi connectivity index (χ1v) is 6.13. The van der Waals surface area contributed by atoms with Crippen LogP contribution < -0.4 is 0 Å². The van der Waals surface area contributed by atoms with E-state index >= 15 is 0 Å². The molecular formula is C13H22O3. The number of ether oxygens (including phenoxy) is 2. The fourth-order valence-corrected chi connectivity index (χ4v) is 1.94. The normalized spacial score (nSPS) is 25.1. The van der Waals surface area contributed by atoms with Crippen molar-refractivity contribution in [2.24, 2.45) is 5.92 Å². The number of carbonyl (C=O) groups excluding carboxylic acids is 1. The van der Waals surface area contributed by atoms with Crippen LogP contribution in [0, 0.1) is 5.92 Å². The van der Waals surface area contributed by atoms with Crippen LogP contribution >= 0.6 is 0 Å². The topological polar surface area (TPSA) is 35.5 Å². The van der Waals surface area contributed by atoms with Gasteiger partial charge in [-0.3, -0.25) is 0 Å². The second kappa shape index (κ2) is 7.44. The molecule has 0 aromatic heterocycles. The predicted molar refractivity (Wildman–Crippen MR) is 63.1 cm³/mol. The van der Waals surface area contributed by atoms with Gasteiger partial charge in [0.1, 0.15) is 0 Å². The summed E-state index contributed by atoms with van der Waals surface area (Å²) in [5.74, 6) is 0.500. The van der Waals surface area contributed by atoms with Crippen LogP contribution in [0.4, 0.5) is 0 Å². The van der Waals surface area contributed by atoms with Gasteiger partial charge in [0.05, 0.1) is 19.3 Å². The molecule has 0 N–H and O–H groups in total. The van der Waals surface area contributed by atoms with E-state index in [1.54, 1.807) is 0 Å². The van der Waals surface area contributed by atoms with E-state index in [4.69, 9.17) is 9.47 Å². The van der Waals surface area contributed by atoms with Crippen molar-refractivity contribution in [3.05, 3.63) is 12.7 Å². The van der Waals surface area contributed by atoms with E-state index in [0.29, 0.717) is 19.3 Å². The lowest BCUT2D eigenvalue weighted by Gasteiger charge is -2.26. The molecule has 1 aliphatic rings. The first-order valence-electron chi connectivity index (χ1n) is 6.13. The Morgan fingerprint density at radius 3 is 2.62 bits per heavy atom. The molecule has 1 rings (SSSR count). The van der Waals surface area contributed by atoms with E-state index in [1.165, 1.54) is 31.8 Å². The second-order valence-electron chi connectivity index (χ2n) is 4.48. The van der Waals surface area contributed by atoms with Crippen LogP contribution in [0.5, 0.6) is 0 Å². The van der Waals surface area contributed by atoms with E-state index in [1.807, 2.05) is 0 Å². The van der Waals surface area contributed by atoms with Crippen molar-refractivity contribution in [1.29, 1.82) is 0 Å². The number of esters is 1. The predicted octanol–water partition coefficient (Wildman–Crippen LogP) is 2.70. The summed E-state index contributed by atoms with van der Waals surface area (Å²) in [6.45, 7) is 6.74. The molecule has 0 bridgehead atoms. The summed E-state index contributed by atoms with van der Waals surface area (Å²) >= 11 is 0. The zero-order chi connectivity index (χ0) is 11.8. The molecule has 0 aromatic rings. The summed E-state index contributed by atoms with van der Waals surface area (Å²) in [6.07, 6.45) is 7.27. The van der Waals surface area contributed by atoms with Crippen molar-refractivity contribution >= 4 is 5.97 Å². The quantitative estimate of drug-likeness (QED) is 0.397. The summed E-state index contributed by atoms with van der Waals surface area (Å²) in [7, 11) is 0. The van der Waals surface area contributed by atoms with E-state index in [-0.39, 0.29) is 5.97 Å². The fourth-order valence-electron chi connectivity index (χ4n) is 1.94. The maximum absolute atomic E-state index is 10.7. The minimum absolute atomic E-state index is 0.355. The van der Waals surface area contributed by atoms with Gasteiger partial charge in [-0.25, -0.2) is 4.79 Å². The SMILES string of the molecule is C=CC(=O)OCCCOC1CCC(C)CC1. The van der Waals surface area contributed by atoms with Gasteiger partial charge in [0, 0.05) is 12.5 Å². The van der Waals surface area contributed by atoms with E-state index in [2.05, 4.69) is 13.5 Å². The van der Waals surface area contributed by atoms with Crippen molar-refractivity contribution in [1.82, 2.24) is 0 Å². The Morgan fingerprint density at radius 2 is 2.00 bits per heavy atom. The average molecular weight is 226 g/mol. The van der Waals surface area contributed by atoms with E-state index in [9.17, 15) is 4.79 Å². The molecule has 92 valence electrons. The van der Waals surface area contributed by atoms with Gasteiger partial charge in [-0.05, 0) is 31.6 Å². The first kappa shape index (κ1) is 13.2. The molecule has 0 aromatic carbocycles. The molecule has 0 spiro atoms. The summed E-state index contributed by atoms with van der Waals surface area (Å²) in [6, 6.07) is 0. The van der Waals surface area contributed by atoms with Crippen LogP contribution in [0.25, 0.3) is 0 Å². The zero-order valence-corrected chi connectivity index (χ0v) is 10.1. The average Bonchev–Trinajstić information content (AvgIpc) is 2.31. The van der Waals surface area contributed by atoms with Crippen LogP contribution in [0.15, 0.2) is 12.7 Å². The number of rotatable bonds is 6. The Hall–Kier alpha value is -0.830. The van der Waals surface area contributed by atoms with E-state index < -0.39 is 0 Å². The van der Waals surface area contributed by atoms with Crippen LogP contribution in [-0.4, -0.2) is 25.3 Å². The van der Waals surface area contributed by atoms with Crippen LogP contribution in [-0.2, 0) is 14.3 Å². The molecule has 1 fully saturated rings. The molecule has 1 aliphatic carbocycles. The van der Waals surface area contributed by atoms with Crippen molar-refractivity contribution in [3.63, 3.8) is 0 Å². The Labute approximate surface area is 97.8 Å². The molecular weight excluding hydrogens is 204 g/mol. The molecule has 0 atom stereocenters. The third kappa shape index (κ3) is 5.31. The Bertz CT molecular complexity index is 217. The molecule has 0 radical (unpaired) electrons. The third-order valence-electron chi connectivity index (χ3n) is 3.02. The Kier molecular flexibility index (Phi) is 6.16. The second-order valence-corrected chi connectivity index (χ2v) is 4.48. The number of carbonyl (C=O) groups is 1. The smallest absolute Gasteiger partial charge is 0.330 e. The first-order chi connectivity index (χ1) is 7.72. The third-order valence-corrected chi connectivity index (χ3v) is 3.02. The minimum Gasteiger partial charge on any atom is -0.462 e. The van der Waals surface area contributed by atoms with Crippen LogP contribution in [0.2, 0.25) is 0 Å². The fraction of sp³-hybridized carbons (Fsp3) is 0.769. The highest BCUT2D eigenvalue weighted by molar-refractivity contribution is 5.81. The highest BCUT2D eigenvalue weighted by atomic mass is 16.5. The van der Waals surface area contributed by atoms with Gasteiger partial charge in [0.15, 0.2) is 0 Å². The summed E-state index contributed by atoms with van der Waals surface area (Å²) in [4.78, 5) is 10.7. The molecule has 0 aliphatic heterocycles. The lowest BCUT2D eigenvalue weighted by Crippen LogP contribution is -2.21. The summed E-state index contributed by atoms with van der Waals surface area (Å²) in [5, 5.41) is 0. The van der Waals surface area contributed by atoms with Crippen molar-refractivity contribution in [3.8, 4) is 0 Å². The lowest BCUT2D eigenvalue weighted by molar-refractivity contribution is -0.138. The summed E-state index contributed by atoms with van der Waals surface area (Å²) in [5.41, 5.74) is 0. The van der Waals surface area contributed by atoms with E-state index in [0.717, 1.165) is 12.3 Å². The van der Waals surface area contributed by atoms with Crippen LogP contribution in [0.1, 0.15) is 39.0 Å². The van der Waals surface area contributed by atoms with Gasteiger partial charge in [-0.1, -0.05) is 13.5 Å². The summed E-state index contributed by atoms with van der Waals surface area (Å²) < 4.78 is 10.6. The lowest BCUT2D eigenvalue weighted by atomic mass is 9.89. The molecule has 1 saturated carbocycles. The number of hydrogen-bond acceptors (Lipinski definition) is 3. The maximum Gasteiger partial charge on any atom is 0.330 e. The monoisotopic (exact) mass is 226 g/mol. The Morgan fingerprint density at radius 1 is 1.31 bits per heavy atom. The van der Waals surface area contributed by atoms with Crippen molar-refractivity contribution in [2.75, 3.05) is 13.2 Å². The molecule has 0 saturated heterocycles. The largest absolute Gasteiger partial charge is 0.462 e. The zero-order valence-electron chi connectivity index (χ0n) is 10.1. The van der Waals surface area contributed by atoms with Gasteiger partial charge >= 0.3 is 5.97 Å². The maximum atomic E-state index is 10.7. The highest BCUT2D eigenvalue weighted by Crippen LogP contribution is 2.25. The van der Waals surface area contributed by atoms with Gasteiger partial charge < -0.3 is 9.47 Å². The molecule has 0 unspecified atom stereocenters. The minimum atomic E-state index is -0.355. The Balaban J connectivity index is 1.95.